The van der Waals surface area contributed by atoms with E-state index in [9.17, 15) is 4.79 Å². The second-order valence-electron chi connectivity index (χ2n) is 5.23. The molecule has 3 rings (SSSR count). The molecule has 1 aromatic carbocycles. The van der Waals surface area contributed by atoms with Gasteiger partial charge in [-0.05, 0) is 23.1 Å². The predicted molar refractivity (Wildman–Crippen MR) is 88.8 cm³/mol. The summed E-state index contributed by atoms with van der Waals surface area (Å²) in [6.45, 7) is 4.36. The molecule has 0 aliphatic carbocycles. The van der Waals surface area contributed by atoms with E-state index in [1.54, 1.807) is 16.7 Å². The van der Waals surface area contributed by atoms with Crippen LogP contribution in [0.4, 0.5) is 0 Å². The van der Waals surface area contributed by atoms with Gasteiger partial charge in [0.2, 0.25) is 0 Å². The number of nitrogens with zero attached hydrogens (tertiary/aromatic N) is 2. The van der Waals surface area contributed by atoms with Crippen molar-refractivity contribution < 1.29 is 0 Å². The van der Waals surface area contributed by atoms with Gasteiger partial charge in [-0.15, -0.1) is 11.3 Å². The fourth-order valence-corrected chi connectivity index (χ4v) is 2.85. The number of fused-ring (bicyclic) bond motifs is 1. The maximum Gasteiger partial charge on any atom is 0.259 e. The summed E-state index contributed by atoms with van der Waals surface area (Å²) in [7, 11) is 0. The lowest BCUT2D eigenvalue weighted by atomic mass is 10.0. The van der Waals surface area contributed by atoms with E-state index in [1.165, 1.54) is 16.9 Å². The minimum absolute atomic E-state index is 0.0453. The summed E-state index contributed by atoms with van der Waals surface area (Å²) in [6, 6.07) is 9.99. The third kappa shape index (κ3) is 2.95. The Hall–Kier alpha value is -2.20. The molecule has 0 N–H and O–H groups in total. The summed E-state index contributed by atoms with van der Waals surface area (Å²) >= 11 is 1.46. The van der Waals surface area contributed by atoms with Gasteiger partial charge in [0.05, 0.1) is 5.69 Å². The summed E-state index contributed by atoms with van der Waals surface area (Å²) in [5, 5.41) is 1.86. The van der Waals surface area contributed by atoms with E-state index in [-0.39, 0.29) is 5.56 Å². The van der Waals surface area contributed by atoms with Crippen LogP contribution in [0.2, 0.25) is 0 Å². The second-order valence-corrected chi connectivity index (χ2v) is 6.10. The molecule has 0 saturated heterocycles. The lowest BCUT2D eigenvalue weighted by Crippen LogP contribution is -2.11. The van der Waals surface area contributed by atoms with Gasteiger partial charge in [-0.3, -0.25) is 9.20 Å². The molecule has 0 bridgehead atoms. The van der Waals surface area contributed by atoms with Crippen LogP contribution >= 0.6 is 11.3 Å². The Morgan fingerprint density at radius 1 is 1.19 bits per heavy atom. The van der Waals surface area contributed by atoms with Gasteiger partial charge >= 0.3 is 0 Å². The molecule has 0 atom stereocenters. The number of hydrogen-bond donors (Lipinski definition) is 0. The van der Waals surface area contributed by atoms with Gasteiger partial charge in [-0.2, -0.15) is 0 Å². The van der Waals surface area contributed by atoms with Crippen molar-refractivity contribution in [1.29, 1.82) is 0 Å². The molecule has 0 radical (unpaired) electrons. The molecule has 0 aliphatic rings. The summed E-state index contributed by atoms with van der Waals surface area (Å²) < 4.78 is 1.55. The van der Waals surface area contributed by atoms with Crippen LogP contribution in [0.3, 0.4) is 0 Å². The van der Waals surface area contributed by atoms with Crippen molar-refractivity contribution in [3.63, 3.8) is 0 Å². The van der Waals surface area contributed by atoms with Gasteiger partial charge in [-0.25, -0.2) is 4.98 Å². The van der Waals surface area contributed by atoms with Crippen molar-refractivity contribution in [2.45, 2.75) is 19.8 Å². The van der Waals surface area contributed by atoms with Gasteiger partial charge < -0.3 is 0 Å². The molecule has 4 heteroatoms. The topological polar surface area (TPSA) is 34.4 Å². The average Bonchev–Trinajstić information content (AvgIpc) is 2.94. The highest BCUT2D eigenvalue weighted by atomic mass is 32.1. The first-order chi connectivity index (χ1) is 10.1. The van der Waals surface area contributed by atoms with Crippen molar-refractivity contribution in [3.8, 4) is 0 Å². The van der Waals surface area contributed by atoms with Crippen LogP contribution in [0.25, 0.3) is 17.1 Å². The maximum absolute atomic E-state index is 11.9. The Labute approximate surface area is 127 Å². The minimum Gasteiger partial charge on any atom is -0.269 e. The van der Waals surface area contributed by atoms with E-state index in [0.717, 1.165) is 10.5 Å². The fraction of sp³-hybridized carbons (Fsp3) is 0.176. The van der Waals surface area contributed by atoms with Gasteiger partial charge in [-0.1, -0.05) is 44.2 Å². The van der Waals surface area contributed by atoms with Crippen LogP contribution in [-0.2, 0) is 0 Å². The van der Waals surface area contributed by atoms with Gasteiger partial charge in [0.1, 0.15) is 0 Å². The normalized spacial score (nSPS) is 11.8. The SMILES string of the molecule is CC(C)c1ccc(/C=C/c2cc(=O)n3ccsc3n2)cc1. The number of hydrogen-bond acceptors (Lipinski definition) is 3. The van der Waals surface area contributed by atoms with Crippen molar-refractivity contribution in [3.05, 3.63) is 69.1 Å². The van der Waals surface area contributed by atoms with Gasteiger partial charge in [0.25, 0.3) is 5.56 Å². The first-order valence-electron chi connectivity index (χ1n) is 6.88. The molecular weight excluding hydrogens is 280 g/mol. The highest BCUT2D eigenvalue weighted by Gasteiger charge is 2.01. The molecular formula is C17H16N2OS. The van der Waals surface area contributed by atoms with E-state index >= 15 is 0 Å². The van der Waals surface area contributed by atoms with Crippen LogP contribution in [0.15, 0.2) is 46.7 Å². The summed E-state index contributed by atoms with van der Waals surface area (Å²) in [6.07, 6.45) is 5.61. The Kier molecular flexibility index (Phi) is 3.71. The zero-order chi connectivity index (χ0) is 14.8. The lowest BCUT2D eigenvalue weighted by Gasteiger charge is -2.04. The third-order valence-electron chi connectivity index (χ3n) is 3.37. The Morgan fingerprint density at radius 3 is 2.67 bits per heavy atom. The zero-order valence-electron chi connectivity index (χ0n) is 12.0. The van der Waals surface area contributed by atoms with Crippen molar-refractivity contribution in [2.24, 2.45) is 0 Å². The standard InChI is InChI=1S/C17H16N2OS/c1-12(2)14-6-3-13(4-7-14)5-8-15-11-16(20)19-9-10-21-17(19)18-15/h3-12H,1-2H3/b8-5+. The number of rotatable bonds is 3. The van der Waals surface area contributed by atoms with Crippen molar-refractivity contribution in [1.82, 2.24) is 9.38 Å². The first kappa shape index (κ1) is 13.8. The summed E-state index contributed by atoms with van der Waals surface area (Å²) in [5.74, 6) is 0.533. The minimum atomic E-state index is -0.0453. The number of benzene rings is 1. The molecule has 0 aliphatic heterocycles. The largest absolute Gasteiger partial charge is 0.269 e. The Balaban J connectivity index is 1.88. The van der Waals surface area contributed by atoms with Crippen LogP contribution in [0.1, 0.15) is 36.6 Å². The highest BCUT2D eigenvalue weighted by molar-refractivity contribution is 7.15. The first-order valence-corrected chi connectivity index (χ1v) is 7.76. The molecule has 0 saturated carbocycles. The number of thiazole rings is 1. The number of aromatic nitrogens is 2. The molecule has 106 valence electrons. The Bertz CT molecular complexity index is 841. The molecule has 21 heavy (non-hydrogen) atoms. The monoisotopic (exact) mass is 296 g/mol. The second kappa shape index (κ2) is 5.66. The van der Waals surface area contributed by atoms with Crippen LogP contribution in [0.5, 0.6) is 0 Å². The quantitative estimate of drug-likeness (QED) is 0.730. The summed E-state index contributed by atoms with van der Waals surface area (Å²) in [4.78, 5) is 17.1. The van der Waals surface area contributed by atoms with E-state index in [2.05, 4.69) is 43.1 Å². The molecule has 0 unspecified atom stereocenters. The van der Waals surface area contributed by atoms with Crippen LogP contribution in [0, 0.1) is 0 Å². The van der Waals surface area contributed by atoms with Crippen molar-refractivity contribution >= 4 is 28.4 Å². The average molecular weight is 296 g/mol. The smallest absolute Gasteiger partial charge is 0.259 e. The van der Waals surface area contributed by atoms with Crippen LogP contribution < -0.4 is 5.56 Å². The fourth-order valence-electron chi connectivity index (χ4n) is 2.12. The molecule has 0 fully saturated rings. The lowest BCUT2D eigenvalue weighted by molar-refractivity contribution is 0.866. The van der Waals surface area contributed by atoms with E-state index in [4.69, 9.17) is 0 Å². The molecule has 0 spiro atoms. The predicted octanol–water partition coefficient (Wildman–Crippen LogP) is 4.05. The van der Waals surface area contributed by atoms with Gasteiger partial charge in [0, 0.05) is 17.6 Å². The van der Waals surface area contributed by atoms with E-state index < -0.39 is 0 Å². The van der Waals surface area contributed by atoms with E-state index in [1.807, 2.05) is 17.5 Å². The molecule has 2 aromatic heterocycles. The highest BCUT2D eigenvalue weighted by Crippen LogP contribution is 2.16. The Morgan fingerprint density at radius 2 is 1.95 bits per heavy atom. The third-order valence-corrected chi connectivity index (χ3v) is 4.13. The molecule has 3 nitrogen and oxygen atoms in total. The molecule has 3 aromatic rings. The molecule has 2 heterocycles. The van der Waals surface area contributed by atoms with Gasteiger partial charge in [0.15, 0.2) is 4.96 Å². The maximum atomic E-state index is 11.9. The van der Waals surface area contributed by atoms with E-state index in [0.29, 0.717) is 11.6 Å². The molecule has 0 amide bonds. The zero-order valence-corrected chi connectivity index (χ0v) is 12.8. The van der Waals surface area contributed by atoms with Crippen molar-refractivity contribution in [2.75, 3.05) is 0 Å². The summed E-state index contributed by atoms with van der Waals surface area (Å²) in [5.41, 5.74) is 3.07. The van der Waals surface area contributed by atoms with Crippen LogP contribution in [-0.4, -0.2) is 9.38 Å².